The molecule has 0 heterocycles. The average Bonchev–Trinajstić information content (AvgIpc) is 2.21. The molecule has 1 unspecified atom stereocenters. The molecule has 0 amide bonds. The van der Waals surface area contributed by atoms with Crippen molar-refractivity contribution in [1.29, 1.82) is 0 Å². The highest BCUT2D eigenvalue weighted by molar-refractivity contribution is 9.10. The smallest absolute Gasteiger partial charge is 0.137 e. The topological polar surface area (TPSA) is 12.0 Å². The van der Waals surface area contributed by atoms with E-state index in [1.165, 1.54) is 6.07 Å². The summed E-state index contributed by atoms with van der Waals surface area (Å²) in [5.41, 5.74) is 1.72. The van der Waals surface area contributed by atoms with E-state index in [0.29, 0.717) is 4.47 Å². The number of aryl methyl sites for hydroxylation is 1. The first kappa shape index (κ1) is 12.1. The molecule has 1 atom stereocenters. The number of anilines is 1. The zero-order valence-corrected chi connectivity index (χ0v) is 10.4. The second-order valence-corrected chi connectivity index (χ2v) is 4.21. The van der Waals surface area contributed by atoms with Crippen LogP contribution in [0.5, 0.6) is 0 Å². The van der Waals surface area contributed by atoms with Gasteiger partial charge in [0.25, 0.3) is 0 Å². The molecule has 15 heavy (non-hydrogen) atoms. The van der Waals surface area contributed by atoms with Gasteiger partial charge >= 0.3 is 0 Å². The van der Waals surface area contributed by atoms with Crippen molar-refractivity contribution in [2.24, 2.45) is 0 Å². The maximum atomic E-state index is 13.1. The minimum Gasteiger partial charge on any atom is -0.371 e. The number of nitrogens with one attached hydrogen (secondary N) is 1. The van der Waals surface area contributed by atoms with Crippen LogP contribution in [0.2, 0.25) is 0 Å². The van der Waals surface area contributed by atoms with Gasteiger partial charge in [0.15, 0.2) is 0 Å². The second-order valence-electron chi connectivity index (χ2n) is 3.35. The first-order chi connectivity index (χ1) is 7.08. The van der Waals surface area contributed by atoms with Crippen molar-refractivity contribution in [1.82, 2.24) is 0 Å². The number of rotatable bonds is 3. The summed E-state index contributed by atoms with van der Waals surface area (Å²) in [5, 5.41) is 3.18. The average molecular weight is 270 g/mol. The Morgan fingerprint density at radius 3 is 2.80 bits per heavy atom. The summed E-state index contributed by atoms with van der Waals surface area (Å²) in [7, 11) is 0. The van der Waals surface area contributed by atoms with E-state index in [-0.39, 0.29) is 11.9 Å². The molecule has 0 aliphatic heterocycles. The van der Waals surface area contributed by atoms with Crippen LogP contribution in [0.15, 0.2) is 16.6 Å². The third-order valence-corrected chi connectivity index (χ3v) is 2.81. The SMILES string of the molecule is C#CC(CC)Nc1cc(Br)c(F)cc1C. The van der Waals surface area contributed by atoms with Crippen LogP contribution < -0.4 is 5.32 Å². The molecule has 0 aromatic heterocycles. The summed E-state index contributed by atoms with van der Waals surface area (Å²) in [6, 6.07) is 3.18. The predicted molar refractivity (Wildman–Crippen MR) is 65.4 cm³/mol. The van der Waals surface area contributed by atoms with Crippen LogP contribution in [0.25, 0.3) is 0 Å². The van der Waals surface area contributed by atoms with Gasteiger partial charge in [-0.1, -0.05) is 12.8 Å². The Bertz CT molecular complexity index is 395. The fourth-order valence-corrected chi connectivity index (χ4v) is 1.59. The highest BCUT2D eigenvalue weighted by atomic mass is 79.9. The normalized spacial score (nSPS) is 11.9. The maximum absolute atomic E-state index is 13.1. The molecular formula is C12H13BrFN. The van der Waals surface area contributed by atoms with E-state index in [4.69, 9.17) is 6.42 Å². The minimum absolute atomic E-state index is 0.0129. The van der Waals surface area contributed by atoms with Gasteiger partial charge in [-0.25, -0.2) is 4.39 Å². The highest BCUT2D eigenvalue weighted by Gasteiger charge is 2.07. The van der Waals surface area contributed by atoms with Crippen molar-refractivity contribution < 1.29 is 4.39 Å². The highest BCUT2D eigenvalue weighted by Crippen LogP contribution is 2.24. The number of hydrogen-bond acceptors (Lipinski definition) is 1. The van der Waals surface area contributed by atoms with E-state index in [1.54, 1.807) is 6.07 Å². The van der Waals surface area contributed by atoms with Gasteiger partial charge in [-0.2, -0.15) is 0 Å². The first-order valence-electron chi connectivity index (χ1n) is 4.76. The summed E-state index contributed by atoms with van der Waals surface area (Å²) >= 11 is 3.15. The van der Waals surface area contributed by atoms with E-state index in [0.717, 1.165) is 17.7 Å². The van der Waals surface area contributed by atoms with Gasteiger partial charge in [0, 0.05) is 5.69 Å². The van der Waals surface area contributed by atoms with Crippen LogP contribution in [-0.4, -0.2) is 6.04 Å². The molecule has 0 aliphatic carbocycles. The van der Waals surface area contributed by atoms with Gasteiger partial charge in [0.1, 0.15) is 5.82 Å². The minimum atomic E-state index is -0.258. The van der Waals surface area contributed by atoms with E-state index >= 15 is 0 Å². The molecular weight excluding hydrogens is 257 g/mol. The summed E-state index contributed by atoms with van der Waals surface area (Å²) < 4.78 is 13.6. The van der Waals surface area contributed by atoms with Gasteiger partial charge in [-0.15, -0.1) is 6.42 Å². The largest absolute Gasteiger partial charge is 0.371 e. The molecule has 1 N–H and O–H groups in total. The monoisotopic (exact) mass is 269 g/mol. The van der Waals surface area contributed by atoms with Crippen LogP contribution >= 0.6 is 15.9 Å². The van der Waals surface area contributed by atoms with Crippen LogP contribution in [0.1, 0.15) is 18.9 Å². The Hall–Kier alpha value is -1.01. The van der Waals surface area contributed by atoms with Crippen molar-refractivity contribution in [2.75, 3.05) is 5.32 Å². The molecule has 0 bridgehead atoms. The Morgan fingerprint density at radius 1 is 1.60 bits per heavy atom. The van der Waals surface area contributed by atoms with Crippen molar-refractivity contribution in [3.63, 3.8) is 0 Å². The lowest BCUT2D eigenvalue weighted by molar-refractivity contribution is 0.620. The molecule has 0 saturated carbocycles. The molecule has 0 saturated heterocycles. The molecule has 1 rings (SSSR count). The summed E-state index contributed by atoms with van der Waals surface area (Å²) in [4.78, 5) is 0. The van der Waals surface area contributed by atoms with Crippen LogP contribution in [0.3, 0.4) is 0 Å². The molecule has 0 radical (unpaired) electrons. The van der Waals surface area contributed by atoms with Crippen molar-refractivity contribution in [2.45, 2.75) is 26.3 Å². The van der Waals surface area contributed by atoms with Gasteiger partial charge in [0.2, 0.25) is 0 Å². The van der Waals surface area contributed by atoms with E-state index in [9.17, 15) is 4.39 Å². The molecule has 80 valence electrons. The maximum Gasteiger partial charge on any atom is 0.137 e. The van der Waals surface area contributed by atoms with Crippen molar-refractivity contribution in [3.8, 4) is 12.3 Å². The lowest BCUT2D eigenvalue weighted by Crippen LogP contribution is -2.16. The van der Waals surface area contributed by atoms with E-state index in [2.05, 4.69) is 27.2 Å². The number of hydrogen-bond donors (Lipinski definition) is 1. The Labute approximate surface area is 98.2 Å². The third-order valence-electron chi connectivity index (χ3n) is 2.21. The van der Waals surface area contributed by atoms with E-state index < -0.39 is 0 Å². The molecule has 3 heteroatoms. The molecule has 0 fully saturated rings. The van der Waals surface area contributed by atoms with Crippen LogP contribution in [0, 0.1) is 25.1 Å². The second kappa shape index (κ2) is 5.18. The molecule has 1 aromatic rings. The van der Waals surface area contributed by atoms with Gasteiger partial charge in [-0.3, -0.25) is 0 Å². The van der Waals surface area contributed by atoms with Gasteiger partial charge in [0.05, 0.1) is 10.5 Å². The van der Waals surface area contributed by atoms with Crippen molar-refractivity contribution >= 4 is 21.6 Å². The zero-order valence-electron chi connectivity index (χ0n) is 8.77. The fraction of sp³-hybridized carbons (Fsp3) is 0.333. The molecule has 1 nitrogen and oxygen atoms in total. The Balaban J connectivity index is 2.96. The number of benzene rings is 1. The third kappa shape index (κ3) is 2.97. The Morgan fingerprint density at radius 2 is 2.27 bits per heavy atom. The van der Waals surface area contributed by atoms with Crippen LogP contribution in [-0.2, 0) is 0 Å². The molecule has 0 spiro atoms. The van der Waals surface area contributed by atoms with Crippen LogP contribution in [0.4, 0.5) is 10.1 Å². The summed E-state index contributed by atoms with van der Waals surface area (Å²) in [5.74, 6) is 2.38. The Kier molecular flexibility index (Phi) is 4.16. The lowest BCUT2D eigenvalue weighted by atomic mass is 10.1. The summed E-state index contributed by atoms with van der Waals surface area (Å²) in [6.07, 6.45) is 6.19. The molecule has 1 aromatic carbocycles. The lowest BCUT2D eigenvalue weighted by Gasteiger charge is -2.15. The predicted octanol–water partition coefficient (Wildman–Crippen LogP) is 3.72. The summed E-state index contributed by atoms with van der Waals surface area (Å²) in [6.45, 7) is 3.85. The number of terminal acetylenes is 1. The fourth-order valence-electron chi connectivity index (χ4n) is 1.25. The quantitative estimate of drug-likeness (QED) is 0.825. The van der Waals surface area contributed by atoms with Gasteiger partial charge < -0.3 is 5.32 Å². The zero-order chi connectivity index (χ0) is 11.4. The number of halogens is 2. The first-order valence-corrected chi connectivity index (χ1v) is 5.56. The van der Waals surface area contributed by atoms with Gasteiger partial charge in [-0.05, 0) is 47.0 Å². The standard InChI is InChI=1S/C12H13BrFN/c1-4-9(5-2)15-12-7-10(13)11(14)6-8(12)3/h1,6-7,9,15H,5H2,2-3H3. The molecule has 0 aliphatic rings. The van der Waals surface area contributed by atoms with Crippen molar-refractivity contribution in [3.05, 3.63) is 28.0 Å². The van der Waals surface area contributed by atoms with E-state index in [1.807, 2.05) is 13.8 Å².